The molecule has 1 aliphatic heterocycles. The van der Waals surface area contributed by atoms with Crippen LogP contribution in [0.1, 0.15) is 39.5 Å². The van der Waals surface area contributed by atoms with Crippen molar-refractivity contribution in [2.45, 2.75) is 19.1 Å². The summed E-state index contributed by atoms with van der Waals surface area (Å²) < 4.78 is 25.7. The van der Waals surface area contributed by atoms with E-state index in [0.29, 0.717) is 36.5 Å². The summed E-state index contributed by atoms with van der Waals surface area (Å²) in [5.41, 5.74) is 2.06. The van der Waals surface area contributed by atoms with Gasteiger partial charge in [-0.05, 0) is 17.7 Å². The van der Waals surface area contributed by atoms with Crippen molar-refractivity contribution in [3.8, 4) is 0 Å². The first kappa shape index (κ1) is 19.4. The van der Waals surface area contributed by atoms with Gasteiger partial charge in [0.05, 0.1) is 6.54 Å². The van der Waals surface area contributed by atoms with E-state index in [-0.39, 0.29) is 17.1 Å². The van der Waals surface area contributed by atoms with Crippen LogP contribution in [0.3, 0.4) is 0 Å². The number of amides is 1. The zero-order valence-corrected chi connectivity index (χ0v) is 16.9. The second kappa shape index (κ2) is 7.92. The Kier molecular flexibility index (Phi) is 4.95. The van der Waals surface area contributed by atoms with Crippen LogP contribution in [0.2, 0.25) is 0 Å². The Labute approximate surface area is 178 Å². The number of nitrogens with zero attached hydrogens (tertiary/aromatic N) is 3. The van der Waals surface area contributed by atoms with Gasteiger partial charge < -0.3 is 14.1 Å². The molecule has 1 unspecified atom stereocenters. The van der Waals surface area contributed by atoms with Gasteiger partial charge in [-0.2, -0.15) is 0 Å². The zero-order chi connectivity index (χ0) is 21.4. The van der Waals surface area contributed by atoms with Crippen molar-refractivity contribution in [1.29, 1.82) is 0 Å². The molecule has 0 saturated carbocycles. The van der Waals surface area contributed by atoms with E-state index in [4.69, 9.17) is 9.15 Å². The Morgan fingerprint density at radius 3 is 2.74 bits per heavy atom. The fraction of sp³-hybridized carbons (Fsp3) is 0.208. The van der Waals surface area contributed by atoms with Gasteiger partial charge in [-0.25, -0.2) is 14.4 Å². The second-order valence-electron chi connectivity index (χ2n) is 7.43. The lowest BCUT2D eigenvalue weighted by Crippen LogP contribution is -2.36. The predicted molar refractivity (Wildman–Crippen MR) is 112 cm³/mol. The van der Waals surface area contributed by atoms with E-state index in [9.17, 15) is 9.18 Å². The number of ether oxygens (including phenoxy) is 1. The van der Waals surface area contributed by atoms with Crippen molar-refractivity contribution >= 4 is 16.8 Å². The minimum Gasteiger partial charge on any atom is -0.442 e. The van der Waals surface area contributed by atoms with Crippen LogP contribution in [-0.2, 0) is 17.7 Å². The SMILES string of the molecule is COC(c1ccccc1)c1nc2c(o1)CCN(C(=O)c1ccc3cccc(F)c3n1)C2. The first-order valence-corrected chi connectivity index (χ1v) is 10.0. The number of halogens is 1. The van der Waals surface area contributed by atoms with E-state index in [1.54, 1.807) is 36.3 Å². The van der Waals surface area contributed by atoms with Crippen molar-refractivity contribution in [2.24, 2.45) is 0 Å². The molecule has 2 aromatic carbocycles. The van der Waals surface area contributed by atoms with E-state index in [1.807, 2.05) is 30.3 Å². The molecule has 1 amide bonds. The van der Waals surface area contributed by atoms with Crippen LogP contribution in [0.15, 0.2) is 65.1 Å². The summed E-state index contributed by atoms with van der Waals surface area (Å²) in [7, 11) is 1.61. The molecule has 0 saturated heterocycles. The normalized spacial score (nSPS) is 14.5. The Morgan fingerprint density at radius 2 is 1.94 bits per heavy atom. The Balaban J connectivity index is 1.40. The minimum absolute atomic E-state index is 0.195. The molecular formula is C24H20FN3O3. The van der Waals surface area contributed by atoms with E-state index >= 15 is 0 Å². The van der Waals surface area contributed by atoms with Crippen LogP contribution < -0.4 is 0 Å². The molecule has 0 N–H and O–H groups in total. The van der Waals surface area contributed by atoms with Gasteiger partial charge in [-0.15, -0.1) is 0 Å². The van der Waals surface area contributed by atoms with Crippen molar-refractivity contribution in [3.05, 3.63) is 95.1 Å². The third-order valence-electron chi connectivity index (χ3n) is 5.48. The van der Waals surface area contributed by atoms with Gasteiger partial charge in [-0.3, -0.25) is 4.79 Å². The van der Waals surface area contributed by atoms with E-state index in [2.05, 4.69) is 9.97 Å². The van der Waals surface area contributed by atoms with Gasteiger partial charge in [0, 0.05) is 25.5 Å². The monoisotopic (exact) mass is 417 g/mol. The quantitative estimate of drug-likeness (QED) is 0.495. The van der Waals surface area contributed by atoms with E-state index in [0.717, 1.165) is 11.3 Å². The summed E-state index contributed by atoms with van der Waals surface area (Å²) in [6.07, 6.45) is 0.127. The second-order valence-corrected chi connectivity index (χ2v) is 7.43. The fourth-order valence-corrected chi connectivity index (χ4v) is 3.90. The van der Waals surface area contributed by atoms with Crippen molar-refractivity contribution < 1.29 is 18.3 Å². The highest BCUT2D eigenvalue weighted by Crippen LogP contribution is 2.29. The number of oxazole rings is 1. The van der Waals surface area contributed by atoms with Crippen LogP contribution in [0.5, 0.6) is 0 Å². The van der Waals surface area contributed by atoms with E-state index < -0.39 is 11.9 Å². The predicted octanol–water partition coefficient (Wildman–Crippen LogP) is 4.30. The average molecular weight is 417 g/mol. The number of methoxy groups -OCH3 is 1. The van der Waals surface area contributed by atoms with Gasteiger partial charge in [-0.1, -0.05) is 48.5 Å². The van der Waals surface area contributed by atoms with Gasteiger partial charge in [0.2, 0.25) is 5.89 Å². The van der Waals surface area contributed by atoms with E-state index in [1.165, 1.54) is 6.07 Å². The summed E-state index contributed by atoms with van der Waals surface area (Å²) in [6.45, 7) is 0.778. The molecule has 0 radical (unpaired) electrons. The smallest absolute Gasteiger partial charge is 0.272 e. The number of pyridine rings is 1. The van der Waals surface area contributed by atoms with Crippen LogP contribution in [0.4, 0.5) is 4.39 Å². The Hall–Kier alpha value is -3.58. The van der Waals surface area contributed by atoms with Crippen LogP contribution in [-0.4, -0.2) is 34.4 Å². The molecule has 0 fully saturated rings. The summed E-state index contributed by atoms with van der Waals surface area (Å²) in [6, 6.07) is 17.8. The summed E-state index contributed by atoms with van der Waals surface area (Å²) >= 11 is 0. The van der Waals surface area contributed by atoms with Crippen LogP contribution >= 0.6 is 0 Å². The summed E-state index contributed by atoms with van der Waals surface area (Å²) in [4.78, 5) is 23.6. The molecule has 1 aliphatic rings. The average Bonchev–Trinajstić information content (AvgIpc) is 3.23. The lowest BCUT2D eigenvalue weighted by atomic mass is 10.1. The third-order valence-corrected chi connectivity index (χ3v) is 5.48. The molecule has 0 bridgehead atoms. The van der Waals surface area contributed by atoms with Gasteiger partial charge in [0.25, 0.3) is 5.91 Å². The number of rotatable bonds is 4. The highest BCUT2D eigenvalue weighted by atomic mass is 19.1. The lowest BCUT2D eigenvalue weighted by molar-refractivity contribution is 0.0721. The van der Waals surface area contributed by atoms with Crippen molar-refractivity contribution in [2.75, 3.05) is 13.7 Å². The highest BCUT2D eigenvalue weighted by Gasteiger charge is 2.29. The summed E-state index contributed by atoms with van der Waals surface area (Å²) in [5, 5.41) is 0.658. The van der Waals surface area contributed by atoms with Gasteiger partial charge in [0.15, 0.2) is 6.10 Å². The largest absolute Gasteiger partial charge is 0.442 e. The molecule has 7 heteroatoms. The Bertz CT molecular complexity index is 1260. The van der Waals surface area contributed by atoms with Crippen LogP contribution in [0.25, 0.3) is 10.9 Å². The number of benzene rings is 2. The molecule has 31 heavy (non-hydrogen) atoms. The number of hydrogen-bond donors (Lipinski definition) is 0. The molecular weight excluding hydrogens is 397 g/mol. The lowest BCUT2D eigenvalue weighted by Gasteiger charge is -2.25. The number of carbonyl (C=O) groups excluding carboxylic acids is 1. The zero-order valence-electron chi connectivity index (χ0n) is 16.9. The topological polar surface area (TPSA) is 68.5 Å². The number of fused-ring (bicyclic) bond motifs is 2. The number of para-hydroxylation sites is 1. The molecule has 6 nitrogen and oxygen atoms in total. The van der Waals surface area contributed by atoms with Crippen molar-refractivity contribution in [3.63, 3.8) is 0 Å². The first-order chi connectivity index (χ1) is 15.1. The minimum atomic E-state index is -0.444. The summed E-state index contributed by atoms with van der Waals surface area (Å²) in [5.74, 6) is 0.529. The molecule has 156 valence electrons. The van der Waals surface area contributed by atoms with Crippen LogP contribution in [0, 0.1) is 5.82 Å². The van der Waals surface area contributed by atoms with Gasteiger partial charge >= 0.3 is 0 Å². The molecule has 4 aromatic rings. The first-order valence-electron chi connectivity index (χ1n) is 10.0. The van der Waals surface area contributed by atoms with Crippen molar-refractivity contribution in [1.82, 2.24) is 14.9 Å². The number of aromatic nitrogens is 2. The molecule has 0 aliphatic carbocycles. The maximum Gasteiger partial charge on any atom is 0.272 e. The molecule has 1 atom stereocenters. The Morgan fingerprint density at radius 1 is 1.10 bits per heavy atom. The molecule has 2 aromatic heterocycles. The molecule has 3 heterocycles. The highest BCUT2D eigenvalue weighted by molar-refractivity contribution is 5.95. The number of carbonyl (C=O) groups is 1. The standard InChI is InChI=1S/C24H20FN3O3/c1-30-22(16-6-3-2-4-7-16)23-27-19-14-28(13-12-20(19)31-23)24(29)18-11-10-15-8-5-9-17(25)21(15)26-18/h2-11,22H,12-14H2,1H3. The van der Waals surface area contributed by atoms with Gasteiger partial charge in [0.1, 0.15) is 28.5 Å². The molecule has 0 spiro atoms. The maximum atomic E-state index is 14.1. The fourth-order valence-electron chi connectivity index (χ4n) is 3.90. The maximum absolute atomic E-state index is 14.1. The number of hydrogen-bond acceptors (Lipinski definition) is 5. The third kappa shape index (κ3) is 3.57. The molecule has 5 rings (SSSR count).